The second-order valence-corrected chi connectivity index (χ2v) is 7.21. The van der Waals surface area contributed by atoms with Gasteiger partial charge in [-0.15, -0.1) is 35.3 Å². The van der Waals surface area contributed by atoms with Crippen molar-refractivity contribution in [2.75, 3.05) is 6.54 Å². The maximum absolute atomic E-state index is 12.6. The van der Waals surface area contributed by atoms with Crippen LogP contribution in [-0.4, -0.2) is 23.5 Å². The fourth-order valence-corrected chi connectivity index (χ4v) is 3.58. The average Bonchev–Trinajstić information content (AvgIpc) is 3.15. The van der Waals surface area contributed by atoms with Crippen molar-refractivity contribution in [2.45, 2.75) is 44.9 Å². The largest absolute Gasteiger partial charge is 0.434 e. The van der Waals surface area contributed by atoms with Gasteiger partial charge in [0.25, 0.3) is 0 Å². The van der Waals surface area contributed by atoms with E-state index in [1.807, 2.05) is 19.1 Å². The fraction of sp³-hybridized carbons (Fsp3) is 0.444. The monoisotopic (exact) mass is 510 g/mol. The quantitative estimate of drug-likeness (QED) is 0.349. The number of nitrogens with zero attached hydrogens (tertiary/aromatic N) is 2. The predicted octanol–water partition coefficient (Wildman–Crippen LogP) is 4.70. The van der Waals surface area contributed by atoms with Crippen LogP contribution in [0, 0.1) is 6.92 Å². The van der Waals surface area contributed by atoms with Crippen LogP contribution in [0.25, 0.3) is 0 Å². The highest BCUT2D eigenvalue weighted by Crippen LogP contribution is 2.42. The molecule has 1 heterocycles. The van der Waals surface area contributed by atoms with Gasteiger partial charge in [0.15, 0.2) is 11.7 Å². The molecule has 0 bridgehead atoms. The molecule has 2 aromatic rings. The number of guanidine groups is 1. The molecule has 0 spiro atoms. The third-order valence-electron chi connectivity index (χ3n) is 4.26. The van der Waals surface area contributed by atoms with Gasteiger partial charge in [0.05, 0.1) is 6.54 Å². The SMILES string of the molecule is CCNC(=NCc1nc(C(F)(F)F)cs1)NC1CC1c1ccccc1C.I. The Hall–Kier alpha value is -1.36. The van der Waals surface area contributed by atoms with Gasteiger partial charge in [-0.3, -0.25) is 0 Å². The first-order valence-electron chi connectivity index (χ1n) is 8.50. The molecule has 0 aliphatic heterocycles. The van der Waals surface area contributed by atoms with Crippen molar-refractivity contribution in [3.63, 3.8) is 0 Å². The van der Waals surface area contributed by atoms with Crippen LogP contribution >= 0.6 is 35.3 Å². The molecule has 2 atom stereocenters. The van der Waals surface area contributed by atoms with Crippen LogP contribution in [0.1, 0.15) is 41.1 Å². The Labute approximate surface area is 177 Å². The molecule has 2 unspecified atom stereocenters. The Morgan fingerprint density at radius 2 is 2.07 bits per heavy atom. The molecule has 2 N–H and O–H groups in total. The van der Waals surface area contributed by atoms with E-state index in [0.29, 0.717) is 23.4 Å². The Balaban J connectivity index is 0.00000261. The van der Waals surface area contributed by atoms with E-state index in [1.165, 1.54) is 11.1 Å². The lowest BCUT2D eigenvalue weighted by Crippen LogP contribution is -2.39. The van der Waals surface area contributed by atoms with Crippen LogP contribution in [0.2, 0.25) is 0 Å². The number of rotatable bonds is 5. The Morgan fingerprint density at radius 3 is 2.70 bits per heavy atom. The summed E-state index contributed by atoms with van der Waals surface area (Å²) in [5, 5.41) is 7.89. The van der Waals surface area contributed by atoms with E-state index in [2.05, 4.69) is 39.7 Å². The Kier molecular flexibility index (Phi) is 7.49. The highest BCUT2D eigenvalue weighted by molar-refractivity contribution is 14.0. The normalized spacial score (nSPS) is 19.4. The first kappa shape index (κ1) is 21.9. The minimum atomic E-state index is -4.41. The smallest absolute Gasteiger partial charge is 0.357 e. The molecule has 148 valence electrons. The van der Waals surface area contributed by atoms with E-state index in [0.717, 1.165) is 23.1 Å². The average molecular weight is 510 g/mol. The number of aromatic nitrogens is 1. The van der Waals surface area contributed by atoms with Crippen LogP contribution in [-0.2, 0) is 12.7 Å². The number of aliphatic imine (C=N–C) groups is 1. The van der Waals surface area contributed by atoms with Gasteiger partial charge in [0, 0.05) is 23.9 Å². The molecule has 9 heteroatoms. The van der Waals surface area contributed by atoms with Crippen LogP contribution < -0.4 is 10.6 Å². The number of thiazole rings is 1. The zero-order chi connectivity index (χ0) is 18.7. The van der Waals surface area contributed by atoms with Crippen molar-refractivity contribution in [2.24, 2.45) is 4.99 Å². The highest BCUT2D eigenvalue weighted by Gasteiger charge is 2.39. The molecular formula is C18H22F3IN4S. The predicted molar refractivity (Wildman–Crippen MR) is 113 cm³/mol. The summed E-state index contributed by atoms with van der Waals surface area (Å²) >= 11 is 0.977. The maximum atomic E-state index is 12.6. The number of nitrogens with one attached hydrogen (secondary N) is 2. The van der Waals surface area contributed by atoms with E-state index in [4.69, 9.17) is 0 Å². The van der Waals surface area contributed by atoms with Crippen LogP contribution in [0.4, 0.5) is 13.2 Å². The number of halogens is 4. The first-order chi connectivity index (χ1) is 12.4. The third-order valence-corrected chi connectivity index (χ3v) is 5.09. The van der Waals surface area contributed by atoms with Gasteiger partial charge in [-0.25, -0.2) is 9.98 Å². The van der Waals surface area contributed by atoms with E-state index < -0.39 is 11.9 Å². The number of hydrogen-bond donors (Lipinski definition) is 2. The molecule has 1 fully saturated rings. The summed E-state index contributed by atoms with van der Waals surface area (Å²) in [5.74, 6) is 1.05. The highest BCUT2D eigenvalue weighted by atomic mass is 127. The van der Waals surface area contributed by atoms with E-state index in [1.54, 1.807) is 0 Å². The Morgan fingerprint density at radius 1 is 1.33 bits per heavy atom. The second-order valence-electron chi connectivity index (χ2n) is 6.27. The summed E-state index contributed by atoms with van der Waals surface area (Å²) in [4.78, 5) is 8.00. The summed E-state index contributed by atoms with van der Waals surface area (Å²) in [5.41, 5.74) is 1.74. The summed E-state index contributed by atoms with van der Waals surface area (Å²) in [6, 6.07) is 8.59. The molecule has 3 rings (SSSR count). The minimum absolute atomic E-state index is 0. The minimum Gasteiger partial charge on any atom is -0.357 e. The molecule has 0 saturated heterocycles. The van der Waals surface area contributed by atoms with Gasteiger partial charge in [0.1, 0.15) is 5.01 Å². The maximum Gasteiger partial charge on any atom is 0.434 e. The molecule has 1 aliphatic carbocycles. The van der Waals surface area contributed by atoms with Crippen LogP contribution in [0.5, 0.6) is 0 Å². The van der Waals surface area contributed by atoms with E-state index in [-0.39, 0.29) is 36.6 Å². The number of benzene rings is 1. The summed E-state index contributed by atoms with van der Waals surface area (Å²) in [7, 11) is 0. The summed E-state index contributed by atoms with van der Waals surface area (Å²) in [6.07, 6.45) is -3.39. The zero-order valence-electron chi connectivity index (χ0n) is 15.0. The van der Waals surface area contributed by atoms with Crippen molar-refractivity contribution in [1.29, 1.82) is 0 Å². The molecular weight excluding hydrogens is 488 g/mol. The lowest BCUT2D eigenvalue weighted by atomic mass is 10.0. The van der Waals surface area contributed by atoms with Gasteiger partial charge in [-0.1, -0.05) is 24.3 Å². The van der Waals surface area contributed by atoms with Crippen LogP contribution in [0.15, 0.2) is 34.6 Å². The zero-order valence-corrected chi connectivity index (χ0v) is 18.2. The lowest BCUT2D eigenvalue weighted by Gasteiger charge is -2.11. The van der Waals surface area contributed by atoms with Crippen LogP contribution in [0.3, 0.4) is 0 Å². The van der Waals surface area contributed by atoms with Crippen molar-refractivity contribution < 1.29 is 13.2 Å². The second kappa shape index (κ2) is 9.22. The van der Waals surface area contributed by atoms with E-state index >= 15 is 0 Å². The molecule has 0 amide bonds. The van der Waals surface area contributed by atoms with Crippen molar-refractivity contribution in [3.05, 3.63) is 51.5 Å². The molecule has 0 radical (unpaired) electrons. The molecule has 1 aromatic heterocycles. The first-order valence-corrected chi connectivity index (χ1v) is 9.38. The number of hydrogen-bond acceptors (Lipinski definition) is 3. The number of aryl methyl sites for hydroxylation is 1. The van der Waals surface area contributed by atoms with Gasteiger partial charge >= 0.3 is 6.18 Å². The lowest BCUT2D eigenvalue weighted by molar-refractivity contribution is -0.140. The number of alkyl halides is 3. The molecule has 27 heavy (non-hydrogen) atoms. The third kappa shape index (κ3) is 5.81. The molecule has 1 aliphatic rings. The topological polar surface area (TPSA) is 49.3 Å². The van der Waals surface area contributed by atoms with Gasteiger partial charge in [0.2, 0.25) is 0 Å². The standard InChI is InChI=1S/C18H21F3N4S.HI/c1-3-22-17(23-9-16-25-15(10-26-16)18(19,20)21)24-14-8-13(14)12-7-5-4-6-11(12)2;/h4-7,10,13-14H,3,8-9H2,1-2H3,(H2,22,23,24);1H. The van der Waals surface area contributed by atoms with E-state index in [9.17, 15) is 13.2 Å². The molecule has 4 nitrogen and oxygen atoms in total. The van der Waals surface area contributed by atoms with Gasteiger partial charge in [-0.2, -0.15) is 13.2 Å². The van der Waals surface area contributed by atoms with Gasteiger partial charge in [-0.05, 0) is 31.4 Å². The summed E-state index contributed by atoms with van der Waals surface area (Å²) in [6.45, 7) is 4.86. The van der Waals surface area contributed by atoms with Crippen molar-refractivity contribution in [1.82, 2.24) is 15.6 Å². The molecule has 1 aromatic carbocycles. The van der Waals surface area contributed by atoms with Crippen molar-refractivity contribution in [3.8, 4) is 0 Å². The fourth-order valence-electron chi connectivity index (χ4n) is 2.86. The Bertz CT molecular complexity index is 791. The molecule has 1 saturated carbocycles. The summed E-state index contributed by atoms with van der Waals surface area (Å²) < 4.78 is 37.9. The van der Waals surface area contributed by atoms with Crippen molar-refractivity contribution >= 4 is 41.3 Å². The van der Waals surface area contributed by atoms with Gasteiger partial charge < -0.3 is 10.6 Å².